The normalized spacial score (nSPS) is 16.3. The maximum Gasteiger partial charge on any atom is 0.229 e. The molecule has 0 spiro atoms. The number of halogens is 1. The maximum absolute atomic E-state index is 13.2. The molecule has 1 aromatic heterocycles. The number of anilines is 1. The Morgan fingerprint density at radius 1 is 1.30 bits per heavy atom. The Balaban J connectivity index is 1.50. The molecule has 2 heterocycles. The first-order valence-corrected chi connectivity index (χ1v) is 12.4. The number of nitrogens with zero attached hydrogens (tertiary/aromatic N) is 2. The van der Waals surface area contributed by atoms with Crippen molar-refractivity contribution >= 4 is 56.0 Å². The first-order chi connectivity index (χ1) is 14.5. The molecule has 1 amide bonds. The first-order valence-electron chi connectivity index (χ1n) is 10.2. The Morgan fingerprint density at radius 2 is 2.10 bits per heavy atom. The van der Waals surface area contributed by atoms with Crippen molar-refractivity contribution in [1.82, 2.24) is 4.98 Å². The Labute approximate surface area is 190 Å². The summed E-state index contributed by atoms with van der Waals surface area (Å²) in [4.78, 5) is 21.0. The van der Waals surface area contributed by atoms with Crippen molar-refractivity contribution in [2.45, 2.75) is 44.1 Å². The lowest BCUT2D eigenvalue weighted by atomic mass is 10.1. The molecule has 2 aromatic carbocycles. The fraction of sp³-hybridized carbons (Fsp3) is 0.391. The maximum atomic E-state index is 13.2. The Kier molecular flexibility index (Phi) is 6.98. The van der Waals surface area contributed by atoms with E-state index >= 15 is 0 Å². The van der Waals surface area contributed by atoms with Gasteiger partial charge in [0, 0.05) is 28.7 Å². The lowest BCUT2D eigenvalue weighted by Gasteiger charge is -2.23. The van der Waals surface area contributed by atoms with Gasteiger partial charge in [-0.05, 0) is 68.1 Å². The molecule has 0 radical (unpaired) electrons. The van der Waals surface area contributed by atoms with Gasteiger partial charge in [-0.3, -0.25) is 9.69 Å². The molecule has 1 aliphatic rings. The van der Waals surface area contributed by atoms with Crippen LogP contribution in [0.25, 0.3) is 10.2 Å². The number of thioether (sulfide) groups is 1. The summed E-state index contributed by atoms with van der Waals surface area (Å²) < 4.78 is 6.97. The second-order valence-electron chi connectivity index (χ2n) is 7.62. The van der Waals surface area contributed by atoms with Crippen molar-refractivity contribution in [3.63, 3.8) is 0 Å². The number of aryl methyl sites for hydroxylation is 2. The van der Waals surface area contributed by atoms with Crippen LogP contribution in [0.3, 0.4) is 0 Å². The molecule has 0 aliphatic carbocycles. The topological polar surface area (TPSA) is 42.4 Å². The average molecular weight is 461 g/mol. The van der Waals surface area contributed by atoms with Gasteiger partial charge in [-0.15, -0.1) is 11.8 Å². The number of ether oxygens (including phenoxy) is 1. The molecule has 0 bridgehead atoms. The Bertz CT molecular complexity index is 1030. The molecular weight excluding hydrogens is 436 g/mol. The van der Waals surface area contributed by atoms with E-state index in [1.165, 1.54) is 11.1 Å². The lowest BCUT2D eigenvalue weighted by Crippen LogP contribution is -2.37. The van der Waals surface area contributed by atoms with E-state index in [-0.39, 0.29) is 12.0 Å². The molecule has 7 heteroatoms. The number of carbonyl (C=O) groups excluding carboxylic acids is 1. The minimum absolute atomic E-state index is 0.0905. The van der Waals surface area contributed by atoms with E-state index in [2.05, 4.69) is 26.0 Å². The smallest absolute Gasteiger partial charge is 0.229 e. The van der Waals surface area contributed by atoms with Crippen LogP contribution in [0.15, 0.2) is 41.3 Å². The highest BCUT2D eigenvalue weighted by atomic mass is 35.5. The Morgan fingerprint density at radius 3 is 2.83 bits per heavy atom. The van der Waals surface area contributed by atoms with Gasteiger partial charge in [0.15, 0.2) is 5.13 Å². The van der Waals surface area contributed by atoms with E-state index in [1.54, 1.807) is 23.1 Å². The zero-order valence-corrected chi connectivity index (χ0v) is 19.6. The molecular formula is C23H25ClN2O2S2. The summed E-state index contributed by atoms with van der Waals surface area (Å²) in [6, 6.07) is 12.0. The molecule has 1 saturated heterocycles. The molecule has 0 saturated carbocycles. The SMILES string of the molecule is Cc1cc(C)c2sc(N(CC3CCCO3)C(=O)CCSc3ccc(Cl)cc3)nc2c1. The van der Waals surface area contributed by atoms with Crippen LogP contribution >= 0.6 is 34.7 Å². The third-order valence-corrected chi connectivity index (χ3v) is 7.64. The second kappa shape index (κ2) is 9.69. The fourth-order valence-corrected chi connectivity index (χ4v) is 5.69. The molecule has 1 atom stereocenters. The highest BCUT2D eigenvalue weighted by Gasteiger charge is 2.26. The number of hydrogen-bond acceptors (Lipinski definition) is 5. The van der Waals surface area contributed by atoms with Crippen molar-refractivity contribution in [2.75, 3.05) is 23.8 Å². The summed E-state index contributed by atoms with van der Waals surface area (Å²) >= 11 is 9.22. The number of fused-ring (bicyclic) bond motifs is 1. The molecule has 3 aromatic rings. The minimum Gasteiger partial charge on any atom is -0.376 e. The van der Waals surface area contributed by atoms with Gasteiger partial charge in [0.2, 0.25) is 5.91 Å². The zero-order chi connectivity index (χ0) is 21.1. The summed E-state index contributed by atoms with van der Waals surface area (Å²) in [6.45, 7) is 5.53. The van der Waals surface area contributed by atoms with Crippen LogP contribution in [0.1, 0.15) is 30.4 Å². The van der Waals surface area contributed by atoms with Crippen molar-refractivity contribution in [1.29, 1.82) is 0 Å². The van der Waals surface area contributed by atoms with Crippen LogP contribution < -0.4 is 4.90 Å². The van der Waals surface area contributed by atoms with E-state index in [4.69, 9.17) is 21.3 Å². The molecule has 0 N–H and O–H groups in total. The van der Waals surface area contributed by atoms with Gasteiger partial charge in [0.25, 0.3) is 0 Å². The van der Waals surface area contributed by atoms with Crippen LogP contribution in [0.4, 0.5) is 5.13 Å². The van der Waals surface area contributed by atoms with E-state index in [1.807, 2.05) is 29.2 Å². The van der Waals surface area contributed by atoms with E-state index in [0.29, 0.717) is 18.7 Å². The average Bonchev–Trinajstić information content (AvgIpc) is 3.37. The van der Waals surface area contributed by atoms with Gasteiger partial charge in [-0.2, -0.15) is 0 Å². The van der Waals surface area contributed by atoms with Crippen molar-refractivity contribution in [3.8, 4) is 0 Å². The van der Waals surface area contributed by atoms with E-state index < -0.39 is 0 Å². The molecule has 1 unspecified atom stereocenters. The van der Waals surface area contributed by atoms with Gasteiger partial charge < -0.3 is 4.74 Å². The number of hydrogen-bond donors (Lipinski definition) is 0. The number of thiazole rings is 1. The summed E-state index contributed by atoms with van der Waals surface area (Å²) in [5.74, 6) is 0.811. The predicted octanol–water partition coefficient (Wildman–Crippen LogP) is 6.26. The number of benzene rings is 2. The fourth-order valence-electron chi connectivity index (χ4n) is 3.68. The summed E-state index contributed by atoms with van der Waals surface area (Å²) in [5, 5.41) is 1.50. The number of aromatic nitrogens is 1. The molecule has 158 valence electrons. The largest absolute Gasteiger partial charge is 0.376 e. The standard InChI is InChI=1S/C23H25ClN2O2S2/c1-15-12-16(2)22-20(13-15)25-23(30-22)26(14-18-4-3-10-28-18)21(27)9-11-29-19-7-5-17(24)6-8-19/h5-8,12-13,18H,3-4,9-11,14H2,1-2H3. The van der Waals surface area contributed by atoms with Gasteiger partial charge in [-0.25, -0.2) is 4.98 Å². The third kappa shape index (κ3) is 5.17. The minimum atomic E-state index is 0.0905. The molecule has 1 aliphatic heterocycles. The van der Waals surface area contributed by atoms with Crippen molar-refractivity contribution < 1.29 is 9.53 Å². The predicted molar refractivity (Wildman–Crippen MR) is 127 cm³/mol. The summed E-state index contributed by atoms with van der Waals surface area (Å²) in [6.07, 6.45) is 2.59. The van der Waals surface area contributed by atoms with E-state index in [9.17, 15) is 4.79 Å². The molecule has 1 fully saturated rings. The number of carbonyl (C=O) groups is 1. The molecule has 30 heavy (non-hydrogen) atoms. The Hall–Kier alpha value is -1.60. The summed E-state index contributed by atoms with van der Waals surface area (Å²) in [5.41, 5.74) is 3.36. The van der Waals surface area contributed by atoms with Gasteiger partial charge in [-0.1, -0.05) is 29.0 Å². The van der Waals surface area contributed by atoms with Crippen LogP contribution in [-0.2, 0) is 9.53 Å². The third-order valence-electron chi connectivity index (χ3n) is 5.15. The van der Waals surface area contributed by atoms with Gasteiger partial charge >= 0.3 is 0 Å². The lowest BCUT2D eigenvalue weighted by molar-refractivity contribution is -0.118. The monoisotopic (exact) mass is 460 g/mol. The highest BCUT2D eigenvalue weighted by Crippen LogP contribution is 2.33. The number of amides is 1. The molecule has 4 nitrogen and oxygen atoms in total. The van der Waals surface area contributed by atoms with Crippen molar-refractivity contribution in [3.05, 3.63) is 52.5 Å². The highest BCUT2D eigenvalue weighted by molar-refractivity contribution is 7.99. The molecule has 4 rings (SSSR count). The van der Waals surface area contributed by atoms with Gasteiger partial charge in [0.05, 0.1) is 22.9 Å². The van der Waals surface area contributed by atoms with Crippen LogP contribution in [0.5, 0.6) is 0 Å². The van der Waals surface area contributed by atoms with E-state index in [0.717, 1.165) is 44.7 Å². The zero-order valence-electron chi connectivity index (χ0n) is 17.2. The van der Waals surface area contributed by atoms with Crippen LogP contribution in [0, 0.1) is 13.8 Å². The van der Waals surface area contributed by atoms with Crippen LogP contribution in [0.2, 0.25) is 5.02 Å². The number of rotatable bonds is 7. The second-order valence-corrected chi connectivity index (χ2v) is 10.2. The first kappa shape index (κ1) is 21.6. The van der Waals surface area contributed by atoms with Crippen molar-refractivity contribution in [2.24, 2.45) is 0 Å². The van der Waals surface area contributed by atoms with Gasteiger partial charge in [0.1, 0.15) is 0 Å². The quantitative estimate of drug-likeness (QED) is 0.390. The summed E-state index contributed by atoms with van der Waals surface area (Å²) in [7, 11) is 0. The van der Waals surface area contributed by atoms with Crippen LogP contribution in [-0.4, -0.2) is 35.9 Å².